The molecule has 0 unspecified atom stereocenters. The van der Waals surface area contributed by atoms with Crippen LogP contribution in [0.4, 0.5) is 17.6 Å². The SMILES string of the molecule is O=C(O)CSc1n[nH]c(-c2cc(C(F)(F)F)ccc2F)n1. The first-order chi connectivity index (χ1) is 9.77. The highest BCUT2D eigenvalue weighted by molar-refractivity contribution is 7.99. The summed E-state index contributed by atoms with van der Waals surface area (Å²) < 4.78 is 51.4. The molecular weight excluding hydrogens is 314 g/mol. The standard InChI is InChI=1S/C11H7F4N3O2S/c12-7-2-1-5(11(13,14)15)3-6(7)9-16-10(18-17-9)21-4-8(19)20/h1-3H,4H2,(H,19,20)(H,16,17,18). The smallest absolute Gasteiger partial charge is 0.416 e. The molecule has 0 atom stereocenters. The van der Waals surface area contributed by atoms with Crippen LogP contribution in [0.3, 0.4) is 0 Å². The van der Waals surface area contributed by atoms with Crippen LogP contribution in [0.15, 0.2) is 23.4 Å². The van der Waals surface area contributed by atoms with Gasteiger partial charge < -0.3 is 5.11 Å². The number of alkyl halides is 3. The molecule has 21 heavy (non-hydrogen) atoms. The molecule has 0 saturated heterocycles. The maximum atomic E-state index is 13.6. The van der Waals surface area contributed by atoms with E-state index in [9.17, 15) is 22.4 Å². The van der Waals surface area contributed by atoms with Crippen LogP contribution in [0, 0.1) is 5.82 Å². The van der Waals surface area contributed by atoms with Gasteiger partial charge in [0.1, 0.15) is 5.82 Å². The Labute approximate surface area is 119 Å². The monoisotopic (exact) mass is 321 g/mol. The van der Waals surface area contributed by atoms with Gasteiger partial charge >= 0.3 is 12.1 Å². The van der Waals surface area contributed by atoms with Crippen LogP contribution in [-0.2, 0) is 11.0 Å². The average Bonchev–Trinajstić information content (AvgIpc) is 2.84. The Morgan fingerprint density at radius 1 is 1.38 bits per heavy atom. The van der Waals surface area contributed by atoms with Crippen molar-refractivity contribution in [2.75, 3.05) is 5.75 Å². The third-order valence-electron chi connectivity index (χ3n) is 2.34. The zero-order chi connectivity index (χ0) is 15.6. The summed E-state index contributed by atoms with van der Waals surface area (Å²) in [7, 11) is 0. The average molecular weight is 321 g/mol. The minimum Gasteiger partial charge on any atom is -0.481 e. The summed E-state index contributed by atoms with van der Waals surface area (Å²) in [6.45, 7) is 0. The van der Waals surface area contributed by atoms with Crippen molar-refractivity contribution in [2.45, 2.75) is 11.3 Å². The lowest BCUT2D eigenvalue weighted by Crippen LogP contribution is -2.05. The number of H-pyrrole nitrogens is 1. The van der Waals surface area contributed by atoms with Gasteiger partial charge in [-0.05, 0) is 18.2 Å². The molecular formula is C11H7F4N3O2S. The third kappa shape index (κ3) is 3.72. The highest BCUT2D eigenvalue weighted by Crippen LogP contribution is 2.32. The van der Waals surface area contributed by atoms with Crippen molar-refractivity contribution in [1.82, 2.24) is 15.2 Å². The van der Waals surface area contributed by atoms with Crippen LogP contribution >= 0.6 is 11.8 Å². The second-order valence-electron chi connectivity index (χ2n) is 3.84. The van der Waals surface area contributed by atoms with E-state index in [-0.39, 0.29) is 22.3 Å². The number of nitrogens with zero attached hydrogens (tertiary/aromatic N) is 2. The van der Waals surface area contributed by atoms with E-state index >= 15 is 0 Å². The number of halogens is 4. The van der Waals surface area contributed by atoms with Gasteiger partial charge in [0.05, 0.1) is 16.9 Å². The highest BCUT2D eigenvalue weighted by atomic mass is 32.2. The molecule has 2 aromatic rings. The summed E-state index contributed by atoms with van der Waals surface area (Å²) in [4.78, 5) is 14.1. The second kappa shape index (κ2) is 5.72. The Bertz CT molecular complexity index is 672. The molecule has 1 aromatic carbocycles. The topological polar surface area (TPSA) is 78.9 Å². The molecule has 0 bridgehead atoms. The Morgan fingerprint density at radius 3 is 2.71 bits per heavy atom. The summed E-state index contributed by atoms with van der Waals surface area (Å²) >= 11 is 0.762. The number of carboxylic acid groups (broad SMARTS) is 1. The molecule has 5 nitrogen and oxygen atoms in total. The number of rotatable bonds is 4. The minimum atomic E-state index is -4.61. The van der Waals surface area contributed by atoms with Gasteiger partial charge in [0.15, 0.2) is 5.82 Å². The molecule has 0 spiro atoms. The molecule has 1 heterocycles. The van der Waals surface area contributed by atoms with Crippen molar-refractivity contribution in [3.05, 3.63) is 29.6 Å². The normalized spacial score (nSPS) is 11.6. The fourth-order valence-electron chi connectivity index (χ4n) is 1.44. The molecule has 2 N–H and O–H groups in total. The van der Waals surface area contributed by atoms with Crippen molar-refractivity contribution in [1.29, 1.82) is 0 Å². The molecule has 0 radical (unpaired) electrons. The summed E-state index contributed by atoms with van der Waals surface area (Å²) in [5.74, 6) is -2.51. The fourth-order valence-corrected chi connectivity index (χ4v) is 1.96. The van der Waals surface area contributed by atoms with E-state index in [2.05, 4.69) is 15.2 Å². The van der Waals surface area contributed by atoms with E-state index in [1.807, 2.05) is 0 Å². The molecule has 2 rings (SSSR count). The number of carbonyl (C=O) groups is 1. The van der Waals surface area contributed by atoms with Gasteiger partial charge in [0.2, 0.25) is 5.16 Å². The lowest BCUT2D eigenvalue weighted by atomic mass is 10.1. The molecule has 0 saturated carbocycles. The van der Waals surface area contributed by atoms with Gasteiger partial charge in [-0.25, -0.2) is 9.37 Å². The molecule has 1 aromatic heterocycles. The molecule has 0 amide bonds. The van der Waals surface area contributed by atoms with Crippen molar-refractivity contribution in [3.8, 4) is 11.4 Å². The zero-order valence-electron chi connectivity index (χ0n) is 10.1. The van der Waals surface area contributed by atoms with E-state index in [1.165, 1.54) is 0 Å². The number of carboxylic acids is 1. The number of thioether (sulfide) groups is 1. The van der Waals surface area contributed by atoms with Crippen LogP contribution in [0.25, 0.3) is 11.4 Å². The van der Waals surface area contributed by atoms with Gasteiger partial charge in [-0.15, -0.1) is 5.10 Å². The summed E-state index contributed by atoms with van der Waals surface area (Å²) in [6, 6.07) is 1.92. The number of benzene rings is 1. The molecule has 112 valence electrons. The summed E-state index contributed by atoms with van der Waals surface area (Å²) in [6.07, 6.45) is -4.61. The summed E-state index contributed by atoms with van der Waals surface area (Å²) in [5, 5.41) is 14.4. The quantitative estimate of drug-likeness (QED) is 0.669. The molecule has 0 fully saturated rings. The first-order valence-electron chi connectivity index (χ1n) is 5.41. The number of aromatic nitrogens is 3. The Hall–Kier alpha value is -2.10. The Balaban J connectivity index is 2.31. The third-order valence-corrected chi connectivity index (χ3v) is 3.17. The number of hydrogen-bond acceptors (Lipinski definition) is 4. The van der Waals surface area contributed by atoms with Crippen molar-refractivity contribution < 1.29 is 27.5 Å². The van der Waals surface area contributed by atoms with Gasteiger partial charge in [-0.1, -0.05) is 11.8 Å². The van der Waals surface area contributed by atoms with Gasteiger partial charge in [0.25, 0.3) is 0 Å². The Morgan fingerprint density at radius 2 is 2.10 bits per heavy atom. The van der Waals surface area contributed by atoms with Crippen LogP contribution < -0.4 is 0 Å². The van der Waals surface area contributed by atoms with Crippen LogP contribution in [0.5, 0.6) is 0 Å². The fraction of sp³-hybridized carbons (Fsp3) is 0.182. The van der Waals surface area contributed by atoms with Crippen LogP contribution in [0.2, 0.25) is 0 Å². The maximum Gasteiger partial charge on any atom is 0.416 e. The number of aromatic amines is 1. The molecule has 0 aliphatic heterocycles. The molecule has 10 heteroatoms. The lowest BCUT2D eigenvalue weighted by Gasteiger charge is -2.08. The largest absolute Gasteiger partial charge is 0.481 e. The molecule has 0 aliphatic rings. The predicted octanol–water partition coefficient (Wildman–Crippen LogP) is 2.81. The van der Waals surface area contributed by atoms with Gasteiger partial charge in [-0.2, -0.15) is 13.2 Å². The van der Waals surface area contributed by atoms with Crippen molar-refractivity contribution in [3.63, 3.8) is 0 Å². The number of nitrogens with one attached hydrogen (secondary N) is 1. The summed E-state index contributed by atoms with van der Waals surface area (Å²) in [5.41, 5.74) is -1.41. The zero-order valence-corrected chi connectivity index (χ0v) is 10.9. The lowest BCUT2D eigenvalue weighted by molar-refractivity contribution is -0.137. The van der Waals surface area contributed by atoms with Crippen LogP contribution in [-0.4, -0.2) is 32.0 Å². The van der Waals surface area contributed by atoms with E-state index in [0.717, 1.165) is 11.8 Å². The van der Waals surface area contributed by atoms with E-state index < -0.39 is 23.5 Å². The Kier molecular flexibility index (Phi) is 4.16. The highest BCUT2D eigenvalue weighted by Gasteiger charge is 2.31. The second-order valence-corrected chi connectivity index (χ2v) is 4.78. The van der Waals surface area contributed by atoms with Gasteiger partial charge in [-0.3, -0.25) is 9.89 Å². The van der Waals surface area contributed by atoms with Crippen molar-refractivity contribution in [2.24, 2.45) is 0 Å². The van der Waals surface area contributed by atoms with Gasteiger partial charge in [0, 0.05) is 0 Å². The molecule has 0 aliphatic carbocycles. The number of hydrogen-bond donors (Lipinski definition) is 2. The predicted molar refractivity (Wildman–Crippen MR) is 65.1 cm³/mol. The minimum absolute atomic E-state index is 0.00390. The van der Waals surface area contributed by atoms with E-state index in [1.54, 1.807) is 0 Å². The first kappa shape index (κ1) is 15.3. The van der Waals surface area contributed by atoms with Crippen LogP contribution in [0.1, 0.15) is 5.56 Å². The first-order valence-corrected chi connectivity index (χ1v) is 6.40. The number of aliphatic carboxylic acids is 1. The van der Waals surface area contributed by atoms with E-state index in [4.69, 9.17) is 5.11 Å². The van der Waals surface area contributed by atoms with Crippen molar-refractivity contribution >= 4 is 17.7 Å². The van der Waals surface area contributed by atoms with E-state index in [0.29, 0.717) is 18.2 Å². The maximum absolute atomic E-state index is 13.6.